The Hall–Kier alpha value is -0.620. The van der Waals surface area contributed by atoms with Crippen LogP contribution in [0.4, 0.5) is 0 Å². The summed E-state index contributed by atoms with van der Waals surface area (Å²) in [4.78, 5) is 23.2. The molecule has 0 atom stereocenters. The van der Waals surface area contributed by atoms with Gasteiger partial charge in [-0.2, -0.15) is 0 Å². The standard InChI is InChI=1S/C21H40BrNO4/c1-18(2,13-17(25)26)14-19(3,4)15-23-16(24)9-10-21(7,8)27-12-11-20(5,6)22/h9-15H2,1-8H3,(H,23,24)(H,25,26). The van der Waals surface area contributed by atoms with Crippen LogP contribution >= 0.6 is 15.9 Å². The molecule has 0 aromatic carbocycles. The lowest BCUT2D eigenvalue weighted by Crippen LogP contribution is -2.38. The Morgan fingerprint density at radius 2 is 1.52 bits per heavy atom. The average Bonchev–Trinajstić information content (AvgIpc) is 2.38. The van der Waals surface area contributed by atoms with Crippen molar-refractivity contribution in [3.8, 4) is 0 Å². The van der Waals surface area contributed by atoms with E-state index in [1.165, 1.54) is 0 Å². The maximum Gasteiger partial charge on any atom is 0.303 e. The Balaban J connectivity index is 4.32. The van der Waals surface area contributed by atoms with Crippen LogP contribution in [0.5, 0.6) is 0 Å². The number of hydrogen-bond donors (Lipinski definition) is 2. The molecule has 0 saturated carbocycles. The summed E-state index contributed by atoms with van der Waals surface area (Å²) < 4.78 is 5.99. The first-order valence-corrected chi connectivity index (χ1v) is 10.5. The quantitative estimate of drug-likeness (QED) is 0.380. The second-order valence-corrected chi connectivity index (χ2v) is 12.6. The lowest BCUT2D eigenvalue weighted by atomic mass is 9.73. The third-order valence-electron chi connectivity index (χ3n) is 4.49. The Morgan fingerprint density at radius 1 is 0.963 bits per heavy atom. The molecular weight excluding hydrogens is 410 g/mol. The van der Waals surface area contributed by atoms with Gasteiger partial charge < -0.3 is 15.2 Å². The molecule has 160 valence electrons. The summed E-state index contributed by atoms with van der Waals surface area (Å²) in [6.07, 6.45) is 2.83. The Morgan fingerprint density at radius 3 is 2.00 bits per heavy atom. The first kappa shape index (κ1) is 26.4. The van der Waals surface area contributed by atoms with Crippen LogP contribution in [0.25, 0.3) is 0 Å². The van der Waals surface area contributed by atoms with Crippen molar-refractivity contribution in [2.24, 2.45) is 10.8 Å². The van der Waals surface area contributed by atoms with Crippen LogP contribution in [-0.4, -0.2) is 40.1 Å². The number of carboxylic acid groups (broad SMARTS) is 1. The normalized spacial score (nSPS) is 13.5. The predicted octanol–water partition coefficient (Wildman–Crippen LogP) is 5.16. The van der Waals surface area contributed by atoms with E-state index in [0.29, 0.717) is 26.0 Å². The van der Waals surface area contributed by atoms with E-state index in [0.717, 1.165) is 12.8 Å². The summed E-state index contributed by atoms with van der Waals surface area (Å²) >= 11 is 3.60. The molecule has 0 radical (unpaired) electrons. The van der Waals surface area contributed by atoms with Gasteiger partial charge in [0.1, 0.15) is 0 Å². The molecule has 1 amide bonds. The summed E-state index contributed by atoms with van der Waals surface area (Å²) in [5.41, 5.74) is -0.810. The van der Waals surface area contributed by atoms with Gasteiger partial charge in [-0.25, -0.2) is 0 Å². The SMILES string of the molecule is CC(C)(Br)CCOC(C)(C)CCC(=O)NCC(C)(C)CC(C)(C)CC(=O)O. The molecule has 0 unspecified atom stereocenters. The number of hydrogen-bond acceptors (Lipinski definition) is 3. The first-order chi connectivity index (χ1) is 11.9. The molecule has 0 aliphatic carbocycles. The summed E-state index contributed by atoms with van der Waals surface area (Å²) in [5, 5.41) is 12.0. The van der Waals surface area contributed by atoms with Gasteiger partial charge in [0, 0.05) is 23.9 Å². The fraction of sp³-hybridized carbons (Fsp3) is 0.905. The van der Waals surface area contributed by atoms with Crippen molar-refractivity contribution < 1.29 is 19.4 Å². The number of amides is 1. The van der Waals surface area contributed by atoms with E-state index in [1.54, 1.807) is 0 Å². The molecule has 0 bridgehead atoms. The van der Waals surface area contributed by atoms with Gasteiger partial charge in [-0.15, -0.1) is 0 Å². The van der Waals surface area contributed by atoms with Gasteiger partial charge in [-0.05, 0) is 57.8 Å². The summed E-state index contributed by atoms with van der Waals surface area (Å²) in [6, 6.07) is 0. The second-order valence-electron chi connectivity index (χ2n) is 10.4. The number of halogens is 1. The van der Waals surface area contributed by atoms with E-state index in [-0.39, 0.29) is 33.1 Å². The zero-order valence-electron chi connectivity index (χ0n) is 18.5. The van der Waals surface area contributed by atoms with Crippen molar-refractivity contribution in [3.05, 3.63) is 0 Å². The molecule has 5 nitrogen and oxygen atoms in total. The summed E-state index contributed by atoms with van der Waals surface area (Å²) in [5.74, 6) is -0.776. The smallest absolute Gasteiger partial charge is 0.303 e. The number of carbonyl (C=O) groups is 2. The molecule has 0 saturated heterocycles. The number of aliphatic carboxylic acids is 1. The predicted molar refractivity (Wildman–Crippen MR) is 114 cm³/mol. The molecule has 0 aromatic heterocycles. The molecule has 0 aliphatic heterocycles. The molecule has 0 aliphatic rings. The van der Waals surface area contributed by atoms with Crippen molar-refractivity contribution >= 4 is 27.8 Å². The molecular formula is C21H40BrNO4. The molecule has 0 rings (SSSR count). The molecule has 6 heteroatoms. The Bertz CT molecular complexity index is 493. The van der Waals surface area contributed by atoms with Crippen LogP contribution in [0.2, 0.25) is 0 Å². The lowest BCUT2D eigenvalue weighted by molar-refractivity contribution is -0.139. The minimum absolute atomic E-state index is 0.0108. The van der Waals surface area contributed by atoms with E-state index >= 15 is 0 Å². The van der Waals surface area contributed by atoms with Crippen molar-refractivity contribution in [2.75, 3.05) is 13.2 Å². The van der Waals surface area contributed by atoms with Gasteiger partial charge in [0.05, 0.1) is 12.0 Å². The maximum absolute atomic E-state index is 12.2. The number of rotatable bonds is 13. The highest BCUT2D eigenvalue weighted by molar-refractivity contribution is 9.10. The first-order valence-electron chi connectivity index (χ1n) is 9.75. The summed E-state index contributed by atoms with van der Waals surface area (Å²) in [7, 11) is 0. The third-order valence-corrected chi connectivity index (χ3v) is 4.89. The van der Waals surface area contributed by atoms with Gasteiger partial charge in [0.15, 0.2) is 0 Å². The van der Waals surface area contributed by atoms with E-state index in [2.05, 4.69) is 48.9 Å². The number of carboxylic acids is 1. The minimum Gasteiger partial charge on any atom is -0.481 e. The largest absolute Gasteiger partial charge is 0.481 e. The molecule has 0 heterocycles. The van der Waals surface area contributed by atoms with E-state index in [1.807, 2.05) is 27.7 Å². The zero-order valence-corrected chi connectivity index (χ0v) is 20.1. The van der Waals surface area contributed by atoms with Gasteiger partial charge in [-0.3, -0.25) is 9.59 Å². The Kier molecular flexibility index (Phi) is 10.0. The fourth-order valence-corrected chi connectivity index (χ4v) is 3.47. The second kappa shape index (κ2) is 10.2. The van der Waals surface area contributed by atoms with Crippen LogP contribution < -0.4 is 5.32 Å². The Labute approximate surface area is 174 Å². The van der Waals surface area contributed by atoms with Crippen LogP contribution in [0.1, 0.15) is 87.5 Å². The average molecular weight is 450 g/mol. The topological polar surface area (TPSA) is 75.6 Å². The molecule has 2 N–H and O–H groups in total. The zero-order chi connectivity index (χ0) is 21.5. The van der Waals surface area contributed by atoms with Gasteiger partial charge in [-0.1, -0.05) is 43.6 Å². The van der Waals surface area contributed by atoms with Crippen LogP contribution in [0.3, 0.4) is 0 Å². The highest BCUT2D eigenvalue weighted by atomic mass is 79.9. The van der Waals surface area contributed by atoms with Gasteiger partial charge in [0.25, 0.3) is 0 Å². The molecule has 0 spiro atoms. The number of alkyl halides is 1. The molecule has 0 fully saturated rings. The van der Waals surface area contributed by atoms with Gasteiger partial charge in [0.2, 0.25) is 5.91 Å². The van der Waals surface area contributed by atoms with Crippen LogP contribution in [-0.2, 0) is 14.3 Å². The highest BCUT2D eigenvalue weighted by Crippen LogP contribution is 2.35. The van der Waals surface area contributed by atoms with Crippen molar-refractivity contribution in [2.45, 2.75) is 97.4 Å². The monoisotopic (exact) mass is 449 g/mol. The van der Waals surface area contributed by atoms with Crippen molar-refractivity contribution in [1.82, 2.24) is 5.32 Å². The van der Waals surface area contributed by atoms with Crippen molar-refractivity contribution in [3.63, 3.8) is 0 Å². The number of carbonyl (C=O) groups excluding carboxylic acids is 1. The van der Waals surface area contributed by atoms with Crippen LogP contribution in [0.15, 0.2) is 0 Å². The maximum atomic E-state index is 12.2. The van der Waals surface area contributed by atoms with E-state index < -0.39 is 5.97 Å². The summed E-state index contributed by atoms with van der Waals surface area (Å²) in [6.45, 7) is 17.5. The van der Waals surface area contributed by atoms with Crippen molar-refractivity contribution in [1.29, 1.82) is 0 Å². The van der Waals surface area contributed by atoms with E-state index in [4.69, 9.17) is 9.84 Å². The molecule has 0 aromatic rings. The fourth-order valence-electron chi connectivity index (χ4n) is 3.31. The highest BCUT2D eigenvalue weighted by Gasteiger charge is 2.31. The third kappa shape index (κ3) is 15.0. The lowest BCUT2D eigenvalue weighted by Gasteiger charge is -2.34. The van der Waals surface area contributed by atoms with E-state index in [9.17, 15) is 9.59 Å². The number of nitrogens with one attached hydrogen (secondary N) is 1. The van der Waals surface area contributed by atoms with Crippen LogP contribution in [0, 0.1) is 10.8 Å². The van der Waals surface area contributed by atoms with Gasteiger partial charge >= 0.3 is 5.97 Å². The number of ether oxygens (including phenoxy) is 1. The molecule has 27 heavy (non-hydrogen) atoms. The minimum atomic E-state index is -0.787.